The normalized spacial score (nSPS) is 11.8. The molecule has 0 spiro atoms. The van der Waals surface area contributed by atoms with Crippen LogP contribution in [0.3, 0.4) is 0 Å². The van der Waals surface area contributed by atoms with Crippen LogP contribution in [0.25, 0.3) is 0 Å². The fourth-order valence-electron chi connectivity index (χ4n) is 2.69. The molecule has 0 unspecified atom stereocenters. The first kappa shape index (κ1) is 23.3. The predicted molar refractivity (Wildman–Crippen MR) is 121 cm³/mol. The second-order valence-electron chi connectivity index (χ2n) is 6.92. The van der Waals surface area contributed by atoms with Gasteiger partial charge in [-0.3, -0.25) is 9.52 Å². The molecule has 3 aromatic carbocycles. The SMILES string of the molecule is CN(C)S(=O)(=O)c1ccc(O)c(NC(=O)c2ccc(S(=O)(=O)Nc3ccccc3)cc2)c1. The number of hydrogen-bond acceptors (Lipinski definition) is 6. The molecule has 0 saturated heterocycles. The molecule has 168 valence electrons. The molecular weight excluding hydrogens is 454 g/mol. The third kappa shape index (κ3) is 5.07. The molecule has 0 aliphatic heterocycles. The standard InChI is InChI=1S/C21H21N3O6S2/c1-24(2)32(29,30)18-12-13-20(25)19(14-18)22-21(26)15-8-10-17(11-9-15)31(27,28)23-16-6-4-3-5-7-16/h3-14,23,25H,1-2H3,(H,22,26). The topological polar surface area (TPSA) is 133 Å². The number of carbonyl (C=O) groups excluding carboxylic acids is 1. The van der Waals surface area contributed by atoms with Gasteiger partial charge in [0.05, 0.1) is 15.5 Å². The number of phenols is 1. The minimum atomic E-state index is -3.84. The predicted octanol–water partition coefficient (Wildman–Crippen LogP) is 2.70. The molecule has 32 heavy (non-hydrogen) atoms. The number of sulfonamides is 2. The van der Waals surface area contributed by atoms with E-state index in [1.54, 1.807) is 30.3 Å². The lowest BCUT2D eigenvalue weighted by atomic mass is 10.2. The van der Waals surface area contributed by atoms with E-state index in [-0.39, 0.29) is 26.8 Å². The number of aromatic hydroxyl groups is 1. The number of para-hydroxylation sites is 1. The van der Waals surface area contributed by atoms with Crippen LogP contribution in [0.1, 0.15) is 10.4 Å². The van der Waals surface area contributed by atoms with Gasteiger partial charge in [0.1, 0.15) is 5.75 Å². The van der Waals surface area contributed by atoms with Gasteiger partial charge in [0.2, 0.25) is 10.0 Å². The molecule has 3 aromatic rings. The molecule has 0 aliphatic rings. The first-order chi connectivity index (χ1) is 15.0. The Kier molecular flexibility index (Phi) is 6.53. The lowest BCUT2D eigenvalue weighted by molar-refractivity contribution is 0.102. The van der Waals surface area contributed by atoms with E-state index in [0.29, 0.717) is 5.69 Å². The lowest BCUT2D eigenvalue weighted by Gasteiger charge is -2.14. The number of phenolic OH excluding ortho intramolecular Hbond substituents is 1. The molecule has 9 nitrogen and oxygen atoms in total. The fourth-order valence-corrected chi connectivity index (χ4v) is 4.67. The number of amides is 1. The molecule has 0 atom stereocenters. The van der Waals surface area contributed by atoms with Gasteiger partial charge in [0, 0.05) is 25.3 Å². The van der Waals surface area contributed by atoms with E-state index in [2.05, 4.69) is 10.0 Å². The molecular formula is C21H21N3O6S2. The third-order valence-electron chi connectivity index (χ3n) is 4.45. The highest BCUT2D eigenvalue weighted by atomic mass is 32.2. The Hall–Kier alpha value is -3.41. The van der Waals surface area contributed by atoms with Crippen molar-refractivity contribution in [2.45, 2.75) is 9.79 Å². The summed E-state index contributed by atoms with van der Waals surface area (Å²) in [5.74, 6) is -0.970. The minimum Gasteiger partial charge on any atom is -0.506 e. The molecule has 0 aromatic heterocycles. The van der Waals surface area contributed by atoms with Crippen molar-refractivity contribution >= 4 is 37.3 Å². The summed E-state index contributed by atoms with van der Waals surface area (Å²) in [6.07, 6.45) is 0. The number of nitrogens with zero attached hydrogens (tertiary/aromatic N) is 1. The number of anilines is 2. The van der Waals surface area contributed by atoms with E-state index in [1.165, 1.54) is 44.4 Å². The maximum Gasteiger partial charge on any atom is 0.261 e. The van der Waals surface area contributed by atoms with Gasteiger partial charge in [0.25, 0.3) is 15.9 Å². The van der Waals surface area contributed by atoms with Crippen LogP contribution in [-0.4, -0.2) is 46.2 Å². The van der Waals surface area contributed by atoms with Gasteiger partial charge < -0.3 is 10.4 Å². The van der Waals surface area contributed by atoms with Crippen molar-refractivity contribution < 1.29 is 26.7 Å². The van der Waals surface area contributed by atoms with Crippen molar-refractivity contribution in [3.05, 3.63) is 78.4 Å². The number of rotatable bonds is 7. The van der Waals surface area contributed by atoms with Crippen LogP contribution in [0.2, 0.25) is 0 Å². The van der Waals surface area contributed by atoms with Crippen LogP contribution in [0.4, 0.5) is 11.4 Å². The highest BCUT2D eigenvalue weighted by molar-refractivity contribution is 7.92. The van der Waals surface area contributed by atoms with Gasteiger partial charge in [-0.25, -0.2) is 21.1 Å². The monoisotopic (exact) mass is 475 g/mol. The van der Waals surface area contributed by atoms with Crippen LogP contribution in [0, 0.1) is 0 Å². The molecule has 0 aliphatic carbocycles. The van der Waals surface area contributed by atoms with Gasteiger partial charge in [-0.15, -0.1) is 0 Å². The number of carbonyl (C=O) groups is 1. The van der Waals surface area contributed by atoms with E-state index in [9.17, 15) is 26.7 Å². The Balaban J connectivity index is 1.80. The van der Waals surface area contributed by atoms with Crippen LogP contribution in [-0.2, 0) is 20.0 Å². The van der Waals surface area contributed by atoms with Gasteiger partial charge in [-0.05, 0) is 54.6 Å². The minimum absolute atomic E-state index is 0.0418. The van der Waals surface area contributed by atoms with Gasteiger partial charge in [-0.1, -0.05) is 18.2 Å². The Morgan fingerprint density at radius 3 is 2.03 bits per heavy atom. The summed E-state index contributed by atoms with van der Waals surface area (Å²) in [7, 11) is -4.88. The maximum absolute atomic E-state index is 12.6. The van der Waals surface area contributed by atoms with Crippen molar-refractivity contribution in [1.82, 2.24) is 4.31 Å². The quantitative estimate of drug-likeness (QED) is 0.450. The van der Waals surface area contributed by atoms with E-state index in [1.807, 2.05) is 0 Å². The molecule has 0 heterocycles. The summed E-state index contributed by atoms with van der Waals surface area (Å²) in [4.78, 5) is 12.4. The van der Waals surface area contributed by atoms with E-state index >= 15 is 0 Å². The average Bonchev–Trinajstić information content (AvgIpc) is 2.75. The Labute approximate surface area is 186 Å². The second-order valence-corrected chi connectivity index (χ2v) is 10.8. The Morgan fingerprint density at radius 2 is 1.44 bits per heavy atom. The van der Waals surface area contributed by atoms with Crippen molar-refractivity contribution in [2.75, 3.05) is 24.1 Å². The van der Waals surface area contributed by atoms with Crippen LogP contribution in [0.15, 0.2) is 82.6 Å². The zero-order valence-corrected chi connectivity index (χ0v) is 18.8. The van der Waals surface area contributed by atoms with Crippen molar-refractivity contribution in [1.29, 1.82) is 0 Å². The molecule has 0 fully saturated rings. The summed E-state index contributed by atoms with van der Waals surface area (Å²) >= 11 is 0. The summed E-state index contributed by atoms with van der Waals surface area (Å²) in [6, 6.07) is 17.1. The molecule has 0 saturated carbocycles. The Bertz CT molecular complexity index is 1340. The van der Waals surface area contributed by atoms with Gasteiger partial charge in [-0.2, -0.15) is 0 Å². The van der Waals surface area contributed by atoms with E-state index < -0.39 is 26.0 Å². The summed E-state index contributed by atoms with van der Waals surface area (Å²) in [6.45, 7) is 0. The highest BCUT2D eigenvalue weighted by Crippen LogP contribution is 2.28. The fraction of sp³-hybridized carbons (Fsp3) is 0.0952. The van der Waals surface area contributed by atoms with Crippen LogP contribution >= 0.6 is 0 Å². The first-order valence-corrected chi connectivity index (χ1v) is 12.2. The lowest BCUT2D eigenvalue weighted by Crippen LogP contribution is -2.22. The zero-order chi connectivity index (χ0) is 23.5. The van der Waals surface area contributed by atoms with E-state index in [0.717, 1.165) is 16.4 Å². The summed E-state index contributed by atoms with van der Waals surface area (Å²) in [5, 5.41) is 12.5. The molecule has 3 N–H and O–H groups in total. The third-order valence-corrected chi connectivity index (χ3v) is 7.66. The highest BCUT2D eigenvalue weighted by Gasteiger charge is 2.20. The van der Waals surface area contributed by atoms with Crippen molar-refractivity contribution in [2.24, 2.45) is 0 Å². The summed E-state index contributed by atoms with van der Waals surface area (Å²) in [5.41, 5.74) is 0.418. The van der Waals surface area contributed by atoms with Crippen LogP contribution < -0.4 is 10.0 Å². The first-order valence-electron chi connectivity index (χ1n) is 9.25. The van der Waals surface area contributed by atoms with Gasteiger partial charge in [0.15, 0.2) is 0 Å². The van der Waals surface area contributed by atoms with Crippen molar-refractivity contribution in [3.63, 3.8) is 0 Å². The van der Waals surface area contributed by atoms with E-state index in [4.69, 9.17) is 0 Å². The number of hydrogen-bond donors (Lipinski definition) is 3. The number of nitrogens with one attached hydrogen (secondary N) is 2. The Morgan fingerprint density at radius 1 is 0.844 bits per heavy atom. The molecule has 11 heteroatoms. The van der Waals surface area contributed by atoms with Crippen LogP contribution in [0.5, 0.6) is 5.75 Å². The molecule has 0 radical (unpaired) electrons. The van der Waals surface area contributed by atoms with Gasteiger partial charge >= 0.3 is 0 Å². The molecule has 1 amide bonds. The largest absolute Gasteiger partial charge is 0.506 e. The second kappa shape index (κ2) is 8.99. The summed E-state index contributed by atoms with van der Waals surface area (Å²) < 4.78 is 53.0. The smallest absolute Gasteiger partial charge is 0.261 e. The molecule has 0 bridgehead atoms. The number of benzene rings is 3. The maximum atomic E-state index is 12.6. The van der Waals surface area contributed by atoms with Crippen molar-refractivity contribution in [3.8, 4) is 5.75 Å². The zero-order valence-electron chi connectivity index (χ0n) is 17.2. The molecule has 3 rings (SSSR count). The average molecular weight is 476 g/mol.